The number of rotatable bonds is 10. The van der Waals surface area contributed by atoms with Gasteiger partial charge in [-0.05, 0) is 54.4 Å². The molecule has 7 nitrogen and oxygen atoms in total. The van der Waals surface area contributed by atoms with Crippen LogP contribution in [0.2, 0.25) is 0 Å². The summed E-state index contributed by atoms with van der Waals surface area (Å²) in [6, 6.07) is 16.2. The largest absolute Gasteiger partial charge is 0.481 e. The van der Waals surface area contributed by atoms with E-state index >= 15 is 0 Å². The van der Waals surface area contributed by atoms with E-state index < -0.39 is 29.4 Å². The molecule has 2 unspecified atom stereocenters. The smallest absolute Gasteiger partial charge is 0.408 e. The number of nitrogens with one attached hydrogen (secondary N) is 2. The molecule has 2 aliphatic rings. The molecule has 0 aliphatic heterocycles. The van der Waals surface area contributed by atoms with Crippen LogP contribution in [0.5, 0.6) is 0 Å². The van der Waals surface area contributed by atoms with Gasteiger partial charge in [0.1, 0.15) is 12.1 Å². The van der Waals surface area contributed by atoms with Crippen LogP contribution in [0.1, 0.15) is 63.0 Å². The van der Waals surface area contributed by atoms with Crippen LogP contribution in [0.15, 0.2) is 48.5 Å². The molecule has 35 heavy (non-hydrogen) atoms. The van der Waals surface area contributed by atoms with Crippen LogP contribution < -0.4 is 10.6 Å². The first kappa shape index (κ1) is 24.8. The Balaban J connectivity index is 1.39. The van der Waals surface area contributed by atoms with Gasteiger partial charge in [-0.1, -0.05) is 68.3 Å². The van der Waals surface area contributed by atoms with E-state index in [9.17, 15) is 19.5 Å². The highest BCUT2D eigenvalue weighted by atomic mass is 16.5. The number of hydrogen-bond donors (Lipinski definition) is 3. The van der Waals surface area contributed by atoms with E-state index in [1.807, 2.05) is 31.2 Å². The third-order valence-electron chi connectivity index (χ3n) is 7.49. The van der Waals surface area contributed by atoms with E-state index in [1.54, 1.807) is 6.92 Å². The minimum atomic E-state index is -1.19. The van der Waals surface area contributed by atoms with Gasteiger partial charge in [-0.25, -0.2) is 4.79 Å². The molecule has 3 N–H and O–H groups in total. The Kier molecular flexibility index (Phi) is 7.43. The van der Waals surface area contributed by atoms with Gasteiger partial charge in [-0.3, -0.25) is 9.59 Å². The van der Waals surface area contributed by atoms with E-state index in [-0.39, 0.29) is 25.0 Å². The topological polar surface area (TPSA) is 105 Å². The minimum absolute atomic E-state index is 0.0600. The Morgan fingerprint density at radius 3 is 2.17 bits per heavy atom. The predicted molar refractivity (Wildman–Crippen MR) is 133 cm³/mol. The second-order valence-corrected chi connectivity index (χ2v) is 9.88. The van der Waals surface area contributed by atoms with Crippen molar-refractivity contribution in [3.8, 4) is 11.1 Å². The fourth-order valence-corrected chi connectivity index (χ4v) is 5.29. The summed E-state index contributed by atoms with van der Waals surface area (Å²) < 4.78 is 5.64. The average Bonchev–Trinajstić information content (AvgIpc) is 3.12. The predicted octanol–water partition coefficient (Wildman–Crippen LogP) is 4.70. The fraction of sp³-hybridized carbons (Fsp3) is 0.464. The van der Waals surface area contributed by atoms with Crippen LogP contribution in [0.3, 0.4) is 0 Å². The molecule has 0 bridgehead atoms. The van der Waals surface area contributed by atoms with Crippen molar-refractivity contribution in [2.45, 2.75) is 57.4 Å². The van der Waals surface area contributed by atoms with Crippen molar-refractivity contribution < 1.29 is 24.2 Å². The van der Waals surface area contributed by atoms with Gasteiger partial charge >= 0.3 is 12.1 Å². The summed E-state index contributed by atoms with van der Waals surface area (Å²) in [4.78, 5) is 37.5. The maximum Gasteiger partial charge on any atom is 0.408 e. The zero-order valence-corrected chi connectivity index (χ0v) is 20.4. The number of carboxylic acid groups (broad SMARTS) is 1. The minimum Gasteiger partial charge on any atom is -0.481 e. The molecule has 2 atom stereocenters. The third kappa shape index (κ3) is 5.19. The maximum atomic E-state index is 13.1. The van der Waals surface area contributed by atoms with Crippen molar-refractivity contribution in [2.24, 2.45) is 11.8 Å². The fourth-order valence-electron chi connectivity index (χ4n) is 5.29. The first-order valence-corrected chi connectivity index (χ1v) is 12.5. The highest BCUT2D eigenvalue weighted by molar-refractivity contribution is 5.90. The molecule has 0 aromatic heterocycles. The van der Waals surface area contributed by atoms with E-state index in [1.165, 1.54) is 0 Å². The Morgan fingerprint density at radius 2 is 1.66 bits per heavy atom. The molecule has 2 amide bonds. The highest BCUT2D eigenvalue weighted by Gasteiger charge is 2.38. The number of benzene rings is 2. The Hall–Kier alpha value is -3.35. The molecular formula is C28H34N2O5. The van der Waals surface area contributed by atoms with E-state index in [0.29, 0.717) is 12.8 Å². The highest BCUT2D eigenvalue weighted by Crippen LogP contribution is 2.44. The lowest BCUT2D eigenvalue weighted by Crippen LogP contribution is -2.58. The number of carbonyl (C=O) groups is 3. The number of alkyl carbamates (subject to hydrolysis) is 1. The van der Waals surface area contributed by atoms with E-state index in [2.05, 4.69) is 34.9 Å². The molecule has 2 aromatic carbocycles. The van der Waals surface area contributed by atoms with Crippen LogP contribution in [0, 0.1) is 11.8 Å². The van der Waals surface area contributed by atoms with Gasteiger partial charge in [0.2, 0.25) is 5.91 Å². The molecule has 1 fully saturated rings. The van der Waals surface area contributed by atoms with Crippen molar-refractivity contribution in [1.29, 1.82) is 0 Å². The molecular weight excluding hydrogens is 444 g/mol. The molecule has 0 radical (unpaired) electrons. The van der Waals surface area contributed by atoms with Gasteiger partial charge in [-0.2, -0.15) is 0 Å². The van der Waals surface area contributed by atoms with Crippen molar-refractivity contribution >= 4 is 18.0 Å². The molecule has 186 valence electrons. The normalized spacial score (nSPS) is 17.3. The molecule has 2 aliphatic carbocycles. The number of carbonyl (C=O) groups excluding carboxylic acids is 2. The Labute approximate surface area is 206 Å². The first-order valence-electron chi connectivity index (χ1n) is 12.5. The molecule has 0 heterocycles. The van der Waals surface area contributed by atoms with Gasteiger partial charge < -0.3 is 20.5 Å². The number of fused-ring (bicyclic) bond motifs is 3. The van der Waals surface area contributed by atoms with Gasteiger partial charge in [0.25, 0.3) is 0 Å². The lowest BCUT2D eigenvalue weighted by molar-refractivity contribution is -0.145. The van der Waals surface area contributed by atoms with Gasteiger partial charge in [0.05, 0.1) is 5.92 Å². The number of amides is 2. The van der Waals surface area contributed by atoms with E-state index in [4.69, 9.17) is 4.74 Å². The van der Waals surface area contributed by atoms with Gasteiger partial charge in [-0.15, -0.1) is 0 Å². The molecule has 1 saturated carbocycles. The molecule has 2 aromatic rings. The van der Waals surface area contributed by atoms with Crippen molar-refractivity contribution in [2.75, 3.05) is 13.2 Å². The van der Waals surface area contributed by atoms with Crippen molar-refractivity contribution in [3.05, 3.63) is 59.7 Å². The number of carboxylic acids is 1. The van der Waals surface area contributed by atoms with E-state index in [0.717, 1.165) is 41.5 Å². The number of ether oxygens (including phenoxy) is 1. The second-order valence-electron chi connectivity index (χ2n) is 9.88. The third-order valence-corrected chi connectivity index (χ3v) is 7.49. The van der Waals surface area contributed by atoms with Crippen LogP contribution in [0.4, 0.5) is 4.79 Å². The lowest BCUT2D eigenvalue weighted by atomic mass is 9.75. The summed E-state index contributed by atoms with van der Waals surface area (Å²) >= 11 is 0. The van der Waals surface area contributed by atoms with Crippen LogP contribution in [-0.4, -0.2) is 41.8 Å². The maximum absolute atomic E-state index is 13.1. The van der Waals surface area contributed by atoms with Crippen LogP contribution in [0.25, 0.3) is 11.1 Å². The Morgan fingerprint density at radius 1 is 1.06 bits per heavy atom. The zero-order valence-electron chi connectivity index (χ0n) is 20.4. The summed E-state index contributed by atoms with van der Waals surface area (Å²) in [5, 5.41) is 15.1. The summed E-state index contributed by atoms with van der Waals surface area (Å²) in [5.41, 5.74) is 3.33. The van der Waals surface area contributed by atoms with Crippen LogP contribution in [-0.2, 0) is 14.3 Å². The van der Waals surface area contributed by atoms with Crippen LogP contribution >= 0.6 is 0 Å². The first-order chi connectivity index (χ1) is 16.8. The van der Waals surface area contributed by atoms with Crippen molar-refractivity contribution in [1.82, 2.24) is 10.6 Å². The lowest BCUT2D eigenvalue weighted by Gasteiger charge is -2.33. The molecule has 7 heteroatoms. The SMILES string of the molecule is CCCC(C)(NC(=O)OCC1c2ccccc2-c2ccccc21)C(=O)NCC(C(=O)O)C1CCC1. The molecule has 4 rings (SSSR count). The summed E-state index contributed by atoms with van der Waals surface area (Å²) in [6.07, 6.45) is 3.18. The number of aliphatic carboxylic acids is 1. The number of hydrogen-bond acceptors (Lipinski definition) is 4. The van der Waals surface area contributed by atoms with Gasteiger partial charge in [0.15, 0.2) is 0 Å². The van der Waals surface area contributed by atoms with Crippen molar-refractivity contribution in [3.63, 3.8) is 0 Å². The molecule has 0 saturated heterocycles. The zero-order chi connectivity index (χ0) is 25.0. The summed E-state index contributed by atoms with van der Waals surface area (Å²) in [5.74, 6) is -1.86. The second kappa shape index (κ2) is 10.5. The van der Waals surface area contributed by atoms with Gasteiger partial charge in [0, 0.05) is 12.5 Å². The standard InChI is InChI=1S/C28H34N2O5/c1-3-15-28(2,26(33)29-16-23(25(31)32)18-9-8-10-18)30-27(34)35-17-24-21-13-6-4-11-19(21)20-12-5-7-14-22(20)24/h4-7,11-14,18,23-24H,3,8-10,15-17H2,1-2H3,(H,29,33)(H,30,34)(H,31,32). The monoisotopic (exact) mass is 478 g/mol. The Bertz CT molecular complexity index is 1050. The summed E-state index contributed by atoms with van der Waals surface area (Å²) in [6.45, 7) is 3.81. The molecule has 0 spiro atoms. The quantitative estimate of drug-likeness (QED) is 0.459. The summed E-state index contributed by atoms with van der Waals surface area (Å²) in [7, 11) is 0. The average molecular weight is 479 g/mol.